The van der Waals surface area contributed by atoms with Crippen LogP contribution in [0.1, 0.15) is 88.2 Å². The van der Waals surface area contributed by atoms with Crippen LogP contribution in [0.25, 0.3) is 0 Å². The van der Waals surface area contributed by atoms with Gasteiger partial charge in [-0.3, -0.25) is 0 Å². The van der Waals surface area contributed by atoms with Gasteiger partial charge in [-0.15, -0.1) is 0 Å². The highest BCUT2D eigenvalue weighted by Crippen LogP contribution is 2.36. The number of hydrogen-bond acceptors (Lipinski definition) is 1. The highest BCUT2D eigenvalue weighted by molar-refractivity contribution is 5.35. The Morgan fingerprint density at radius 2 is 1.82 bits per heavy atom. The lowest BCUT2D eigenvalue weighted by atomic mass is 9.78. The molecule has 0 spiro atoms. The Morgan fingerprint density at radius 1 is 1.07 bits per heavy atom. The first-order valence-electron chi connectivity index (χ1n) is 11.1. The summed E-state index contributed by atoms with van der Waals surface area (Å²) in [6.45, 7) is 2.29. The number of hydrogen-bond donors (Lipinski definition) is 0. The fourth-order valence-electron chi connectivity index (χ4n) is 4.87. The molecule has 1 aromatic carbocycles. The van der Waals surface area contributed by atoms with Gasteiger partial charge < -0.3 is 0 Å². The molecule has 2 heteroatoms. The molecule has 0 radical (unpaired) electrons. The van der Waals surface area contributed by atoms with E-state index in [4.69, 9.17) is 5.26 Å². The predicted octanol–water partition coefficient (Wildman–Crippen LogP) is 7.14. The van der Waals surface area contributed by atoms with E-state index in [0.717, 1.165) is 43.1 Å². The van der Waals surface area contributed by atoms with Crippen LogP contribution in [-0.4, -0.2) is 0 Å². The van der Waals surface area contributed by atoms with Crippen molar-refractivity contribution in [2.45, 2.75) is 77.0 Å². The Hall–Kier alpha value is -2.06. The van der Waals surface area contributed by atoms with Crippen LogP contribution in [0.5, 0.6) is 0 Å². The molecule has 2 aliphatic carbocycles. The molecule has 0 aliphatic heterocycles. The molecule has 0 heterocycles. The van der Waals surface area contributed by atoms with Crippen LogP contribution in [0.2, 0.25) is 0 Å². The molecule has 3 rings (SSSR count). The number of benzene rings is 1. The Labute approximate surface area is 170 Å². The number of nitriles is 1. The molecule has 0 N–H and O–H groups in total. The monoisotopic (exact) mass is 377 g/mol. The summed E-state index contributed by atoms with van der Waals surface area (Å²) in [7, 11) is 0. The van der Waals surface area contributed by atoms with Gasteiger partial charge in [-0.2, -0.15) is 5.26 Å². The second kappa shape index (κ2) is 10.5. The van der Waals surface area contributed by atoms with Crippen molar-refractivity contribution in [2.75, 3.05) is 0 Å². The summed E-state index contributed by atoms with van der Waals surface area (Å²) < 4.78 is 13.8. The van der Waals surface area contributed by atoms with Crippen molar-refractivity contribution >= 4 is 0 Å². The van der Waals surface area contributed by atoms with Crippen LogP contribution < -0.4 is 0 Å². The highest BCUT2D eigenvalue weighted by atomic mass is 19.1. The maximum absolute atomic E-state index is 13.8. The second-order valence-electron chi connectivity index (χ2n) is 8.62. The van der Waals surface area contributed by atoms with Gasteiger partial charge in [0.2, 0.25) is 0 Å². The zero-order valence-electron chi connectivity index (χ0n) is 17.1. The van der Waals surface area contributed by atoms with E-state index in [2.05, 4.69) is 30.9 Å². The Balaban J connectivity index is 1.43. The molecule has 28 heavy (non-hydrogen) atoms. The SMILES string of the molecule is CCCC1CCC(/C=C/C#CC2CCC(c3ccc(C#N)c(F)c3)CC2)CC1. The van der Waals surface area contributed by atoms with Crippen molar-refractivity contribution in [2.24, 2.45) is 17.8 Å². The van der Waals surface area contributed by atoms with E-state index in [9.17, 15) is 4.39 Å². The molecule has 148 valence electrons. The first-order valence-corrected chi connectivity index (χ1v) is 11.1. The summed E-state index contributed by atoms with van der Waals surface area (Å²) in [5.74, 6) is 8.88. The van der Waals surface area contributed by atoms with Crippen molar-refractivity contribution in [3.63, 3.8) is 0 Å². The number of halogens is 1. The summed E-state index contributed by atoms with van der Waals surface area (Å²) >= 11 is 0. The van der Waals surface area contributed by atoms with Crippen LogP contribution >= 0.6 is 0 Å². The third-order valence-electron chi connectivity index (χ3n) is 6.64. The zero-order chi connectivity index (χ0) is 19.8. The number of allylic oxidation sites excluding steroid dienone is 2. The minimum Gasteiger partial charge on any atom is -0.206 e. The molecule has 0 saturated heterocycles. The minimum absolute atomic E-state index is 0.133. The Morgan fingerprint density at radius 3 is 2.46 bits per heavy atom. The lowest BCUT2D eigenvalue weighted by Crippen LogP contribution is -2.13. The van der Waals surface area contributed by atoms with E-state index in [1.54, 1.807) is 12.1 Å². The molecule has 0 unspecified atom stereocenters. The van der Waals surface area contributed by atoms with E-state index in [-0.39, 0.29) is 5.56 Å². The molecule has 2 fully saturated rings. The molecular weight excluding hydrogens is 345 g/mol. The van der Waals surface area contributed by atoms with Crippen LogP contribution in [0, 0.1) is 46.7 Å². The largest absolute Gasteiger partial charge is 0.206 e. The van der Waals surface area contributed by atoms with Gasteiger partial charge in [0.25, 0.3) is 0 Å². The lowest BCUT2D eigenvalue weighted by Gasteiger charge is -2.26. The van der Waals surface area contributed by atoms with Gasteiger partial charge in [0.05, 0.1) is 5.56 Å². The maximum atomic E-state index is 13.8. The van der Waals surface area contributed by atoms with Crippen LogP contribution in [0.4, 0.5) is 4.39 Å². The third-order valence-corrected chi connectivity index (χ3v) is 6.64. The van der Waals surface area contributed by atoms with E-state index in [1.807, 2.05) is 12.1 Å². The first kappa shape index (κ1) is 20.7. The normalized spacial score (nSPS) is 27.8. The van der Waals surface area contributed by atoms with Gasteiger partial charge in [0.1, 0.15) is 11.9 Å². The Bertz CT molecular complexity index is 760. The topological polar surface area (TPSA) is 23.8 Å². The predicted molar refractivity (Wildman–Crippen MR) is 113 cm³/mol. The zero-order valence-corrected chi connectivity index (χ0v) is 17.1. The van der Waals surface area contributed by atoms with Gasteiger partial charge in [-0.1, -0.05) is 43.7 Å². The highest BCUT2D eigenvalue weighted by Gasteiger charge is 2.22. The number of nitrogens with zero attached hydrogens (tertiary/aromatic N) is 1. The summed E-state index contributed by atoms with van der Waals surface area (Å²) in [4.78, 5) is 0. The first-order chi connectivity index (χ1) is 13.7. The lowest BCUT2D eigenvalue weighted by molar-refractivity contribution is 0.294. The summed E-state index contributed by atoms with van der Waals surface area (Å²) in [6, 6.07) is 6.96. The number of rotatable bonds is 4. The van der Waals surface area contributed by atoms with Gasteiger partial charge in [0.15, 0.2) is 0 Å². The average molecular weight is 378 g/mol. The summed E-state index contributed by atoms with van der Waals surface area (Å²) in [5, 5.41) is 8.86. The molecule has 0 amide bonds. The smallest absolute Gasteiger partial charge is 0.141 e. The fraction of sp³-hybridized carbons (Fsp3) is 0.577. The molecule has 1 aromatic rings. The molecule has 0 atom stereocenters. The van der Waals surface area contributed by atoms with E-state index in [0.29, 0.717) is 11.8 Å². The fourth-order valence-corrected chi connectivity index (χ4v) is 4.87. The molecule has 0 aromatic heterocycles. The van der Waals surface area contributed by atoms with E-state index >= 15 is 0 Å². The third kappa shape index (κ3) is 5.72. The van der Waals surface area contributed by atoms with Gasteiger partial charge in [-0.25, -0.2) is 4.39 Å². The van der Waals surface area contributed by atoms with Crippen molar-refractivity contribution in [1.82, 2.24) is 0 Å². The van der Waals surface area contributed by atoms with Crippen LogP contribution in [-0.2, 0) is 0 Å². The summed E-state index contributed by atoms with van der Waals surface area (Å²) in [5.41, 5.74) is 1.16. The molecule has 2 aliphatic rings. The van der Waals surface area contributed by atoms with E-state index in [1.165, 1.54) is 38.5 Å². The van der Waals surface area contributed by atoms with E-state index < -0.39 is 5.82 Å². The minimum atomic E-state index is -0.393. The molecule has 2 saturated carbocycles. The molecular formula is C26H32FN. The van der Waals surface area contributed by atoms with Gasteiger partial charge in [-0.05, 0) is 92.9 Å². The van der Waals surface area contributed by atoms with Gasteiger partial charge in [0, 0.05) is 5.92 Å². The van der Waals surface area contributed by atoms with Crippen molar-refractivity contribution in [3.05, 3.63) is 47.3 Å². The van der Waals surface area contributed by atoms with Gasteiger partial charge >= 0.3 is 0 Å². The quantitative estimate of drug-likeness (QED) is 0.512. The van der Waals surface area contributed by atoms with Crippen molar-refractivity contribution in [3.8, 4) is 17.9 Å². The van der Waals surface area contributed by atoms with Crippen LogP contribution in [0.3, 0.4) is 0 Å². The second-order valence-corrected chi connectivity index (χ2v) is 8.62. The van der Waals surface area contributed by atoms with Crippen LogP contribution in [0.15, 0.2) is 30.4 Å². The van der Waals surface area contributed by atoms with Crippen molar-refractivity contribution < 1.29 is 4.39 Å². The maximum Gasteiger partial charge on any atom is 0.141 e. The molecule has 0 bridgehead atoms. The summed E-state index contributed by atoms with van der Waals surface area (Å²) in [6.07, 6.45) is 16.8. The average Bonchev–Trinajstić information content (AvgIpc) is 2.73. The Kier molecular flexibility index (Phi) is 7.73. The van der Waals surface area contributed by atoms with Crippen molar-refractivity contribution in [1.29, 1.82) is 5.26 Å². The molecule has 1 nitrogen and oxygen atoms in total. The standard InChI is InChI=1S/C26H32FN/c1-2-5-20-8-10-21(11-9-20)6-3-4-7-22-12-14-23(15-13-22)24-16-17-25(19-28)26(27)18-24/h3,6,16-18,20-23H,2,5,8-15H2,1H3/b6-3+.